The molecule has 0 heterocycles. The maximum absolute atomic E-state index is 11.5. The molecule has 1 aromatic rings. The summed E-state index contributed by atoms with van der Waals surface area (Å²) in [5.74, 6) is -0.321. The molecule has 0 aliphatic carbocycles. The van der Waals surface area contributed by atoms with Crippen LogP contribution in [-0.2, 0) is 22.4 Å². The summed E-state index contributed by atoms with van der Waals surface area (Å²) in [4.78, 5) is 11.5. The van der Waals surface area contributed by atoms with Gasteiger partial charge in [0, 0.05) is 0 Å². The van der Waals surface area contributed by atoms with Crippen LogP contribution in [0.3, 0.4) is 0 Å². The maximum Gasteiger partial charge on any atom is 0.323 e. The van der Waals surface area contributed by atoms with Gasteiger partial charge in [-0.2, -0.15) is 0 Å². The van der Waals surface area contributed by atoms with Gasteiger partial charge in [0.25, 0.3) is 0 Å². The Morgan fingerprint density at radius 1 is 1.00 bits per heavy atom. The van der Waals surface area contributed by atoms with Crippen LogP contribution in [0.4, 0.5) is 0 Å². The summed E-state index contributed by atoms with van der Waals surface area (Å²) in [6, 6.07) is 7.89. The highest BCUT2D eigenvalue weighted by Gasteiger charge is 2.14. The molecule has 2 N–H and O–H groups in total. The molecule has 1 rings (SSSR count). The molecule has 0 aliphatic rings. The van der Waals surface area contributed by atoms with E-state index in [9.17, 15) is 4.79 Å². The van der Waals surface area contributed by atoms with E-state index in [2.05, 4.69) is 31.2 Å². The lowest BCUT2D eigenvalue weighted by Crippen LogP contribution is -2.34. The lowest BCUT2D eigenvalue weighted by atomic mass is 10.0. The molecule has 0 saturated carbocycles. The van der Waals surface area contributed by atoms with Gasteiger partial charge in [-0.25, -0.2) is 0 Å². The highest BCUT2D eigenvalue weighted by atomic mass is 16.5. The molecular formula is C19H31NO2. The fraction of sp³-hybridized carbons (Fsp3) is 0.632. The van der Waals surface area contributed by atoms with Crippen molar-refractivity contribution in [3.05, 3.63) is 35.4 Å². The molecule has 3 nitrogen and oxygen atoms in total. The van der Waals surface area contributed by atoms with E-state index in [1.54, 1.807) is 6.92 Å². The lowest BCUT2D eigenvalue weighted by Gasteiger charge is -2.11. The van der Waals surface area contributed by atoms with Gasteiger partial charge in [-0.3, -0.25) is 4.79 Å². The summed E-state index contributed by atoms with van der Waals surface area (Å²) in [6.07, 6.45) is 9.61. The first-order valence-corrected chi connectivity index (χ1v) is 8.67. The van der Waals surface area contributed by atoms with Crippen LogP contribution in [0, 0.1) is 0 Å². The van der Waals surface area contributed by atoms with Crippen LogP contribution in [0.15, 0.2) is 24.3 Å². The van der Waals surface area contributed by atoms with Crippen molar-refractivity contribution in [1.82, 2.24) is 0 Å². The minimum absolute atomic E-state index is 0.321. The molecule has 1 atom stereocenters. The predicted molar refractivity (Wildman–Crippen MR) is 91.8 cm³/mol. The lowest BCUT2D eigenvalue weighted by molar-refractivity contribution is -0.144. The van der Waals surface area contributed by atoms with Crippen molar-refractivity contribution in [3.63, 3.8) is 0 Å². The van der Waals surface area contributed by atoms with Gasteiger partial charge < -0.3 is 10.5 Å². The van der Waals surface area contributed by atoms with E-state index in [0.29, 0.717) is 13.0 Å². The highest BCUT2D eigenvalue weighted by Crippen LogP contribution is 2.12. The van der Waals surface area contributed by atoms with Crippen LogP contribution >= 0.6 is 0 Å². The predicted octanol–water partition coefficient (Wildman–Crippen LogP) is 4.02. The molecule has 0 radical (unpaired) electrons. The summed E-state index contributed by atoms with van der Waals surface area (Å²) in [5.41, 5.74) is 8.29. The van der Waals surface area contributed by atoms with Crippen LogP contribution in [-0.4, -0.2) is 18.6 Å². The molecule has 0 spiro atoms. The van der Waals surface area contributed by atoms with Gasteiger partial charge in [0.2, 0.25) is 0 Å². The van der Waals surface area contributed by atoms with E-state index in [4.69, 9.17) is 10.5 Å². The highest BCUT2D eigenvalue weighted by molar-refractivity contribution is 5.75. The van der Waals surface area contributed by atoms with Crippen LogP contribution in [0.5, 0.6) is 0 Å². The second-order valence-corrected chi connectivity index (χ2v) is 5.90. The zero-order chi connectivity index (χ0) is 16.2. The Morgan fingerprint density at radius 3 is 2.23 bits per heavy atom. The van der Waals surface area contributed by atoms with E-state index in [0.717, 1.165) is 12.0 Å². The number of aryl methyl sites for hydroxylation is 1. The quantitative estimate of drug-likeness (QED) is 0.496. The van der Waals surface area contributed by atoms with Gasteiger partial charge in [-0.05, 0) is 37.3 Å². The van der Waals surface area contributed by atoms with E-state index in [1.807, 2.05) is 0 Å². The zero-order valence-corrected chi connectivity index (χ0v) is 14.1. The molecular weight excluding hydrogens is 274 g/mol. The molecule has 3 heteroatoms. The average molecular weight is 305 g/mol. The fourth-order valence-corrected chi connectivity index (χ4v) is 2.54. The maximum atomic E-state index is 11.5. The summed E-state index contributed by atoms with van der Waals surface area (Å²) in [6.45, 7) is 4.42. The molecule has 0 amide bonds. The summed E-state index contributed by atoms with van der Waals surface area (Å²) in [7, 11) is 0. The molecule has 0 aliphatic heterocycles. The molecule has 0 saturated heterocycles. The minimum Gasteiger partial charge on any atom is -0.465 e. The van der Waals surface area contributed by atoms with E-state index in [1.165, 1.54) is 44.1 Å². The zero-order valence-electron chi connectivity index (χ0n) is 14.1. The SMILES string of the molecule is CCCCCCCCc1ccc(CC(N)C(=O)OCC)cc1. The number of ether oxygens (including phenoxy) is 1. The van der Waals surface area contributed by atoms with Gasteiger partial charge in [-0.1, -0.05) is 63.3 Å². The molecule has 1 aromatic carbocycles. The van der Waals surface area contributed by atoms with E-state index in [-0.39, 0.29) is 5.97 Å². The Hall–Kier alpha value is -1.35. The Labute approximate surface area is 135 Å². The number of rotatable bonds is 11. The second-order valence-electron chi connectivity index (χ2n) is 5.90. The number of carbonyl (C=O) groups is 1. The number of esters is 1. The van der Waals surface area contributed by atoms with Gasteiger partial charge in [0.05, 0.1) is 6.61 Å². The number of carbonyl (C=O) groups excluding carboxylic acids is 1. The van der Waals surface area contributed by atoms with Gasteiger partial charge >= 0.3 is 5.97 Å². The number of benzene rings is 1. The first-order chi connectivity index (χ1) is 10.7. The molecule has 22 heavy (non-hydrogen) atoms. The third-order valence-electron chi connectivity index (χ3n) is 3.89. The van der Waals surface area contributed by atoms with Gasteiger partial charge in [-0.15, -0.1) is 0 Å². The molecule has 0 fully saturated rings. The average Bonchev–Trinajstić information content (AvgIpc) is 2.52. The number of unbranched alkanes of at least 4 members (excludes halogenated alkanes) is 5. The largest absolute Gasteiger partial charge is 0.465 e. The van der Waals surface area contributed by atoms with Crippen molar-refractivity contribution < 1.29 is 9.53 Å². The Kier molecular flexibility index (Phi) is 9.56. The van der Waals surface area contributed by atoms with Crippen LogP contribution < -0.4 is 5.73 Å². The first kappa shape index (κ1) is 18.7. The van der Waals surface area contributed by atoms with Crippen molar-refractivity contribution in [2.75, 3.05) is 6.61 Å². The number of nitrogens with two attached hydrogens (primary N) is 1. The third kappa shape index (κ3) is 7.60. The van der Waals surface area contributed by atoms with Gasteiger partial charge in [0.1, 0.15) is 6.04 Å². The van der Waals surface area contributed by atoms with Crippen molar-refractivity contribution in [2.24, 2.45) is 5.73 Å². The van der Waals surface area contributed by atoms with E-state index < -0.39 is 6.04 Å². The van der Waals surface area contributed by atoms with Crippen molar-refractivity contribution in [2.45, 2.75) is 71.3 Å². The van der Waals surface area contributed by atoms with Crippen LogP contribution in [0.2, 0.25) is 0 Å². The smallest absolute Gasteiger partial charge is 0.323 e. The fourth-order valence-electron chi connectivity index (χ4n) is 2.54. The van der Waals surface area contributed by atoms with Crippen LogP contribution in [0.1, 0.15) is 63.5 Å². The summed E-state index contributed by atoms with van der Waals surface area (Å²) in [5, 5.41) is 0. The number of hydrogen-bond donors (Lipinski definition) is 1. The Morgan fingerprint density at radius 2 is 1.59 bits per heavy atom. The Bertz CT molecular complexity index is 414. The van der Waals surface area contributed by atoms with Gasteiger partial charge in [0.15, 0.2) is 0 Å². The van der Waals surface area contributed by atoms with Crippen molar-refractivity contribution in [3.8, 4) is 0 Å². The molecule has 1 unspecified atom stereocenters. The van der Waals surface area contributed by atoms with Crippen molar-refractivity contribution >= 4 is 5.97 Å². The van der Waals surface area contributed by atoms with Crippen molar-refractivity contribution in [1.29, 1.82) is 0 Å². The first-order valence-electron chi connectivity index (χ1n) is 8.67. The summed E-state index contributed by atoms with van der Waals surface area (Å²) < 4.78 is 4.93. The second kappa shape index (κ2) is 11.2. The third-order valence-corrected chi connectivity index (χ3v) is 3.89. The molecule has 0 bridgehead atoms. The molecule has 124 valence electrons. The Balaban J connectivity index is 2.29. The topological polar surface area (TPSA) is 52.3 Å². The minimum atomic E-state index is -0.565. The monoisotopic (exact) mass is 305 g/mol. The molecule has 0 aromatic heterocycles. The standard InChI is InChI=1S/C19H31NO2/c1-3-5-6-7-8-9-10-16-11-13-17(14-12-16)15-18(20)19(21)22-4-2/h11-14,18H,3-10,15,20H2,1-2H3. The number of hydrogen-bond acceptors (Lipinski definition) is 3. The normalized spacial score (nSPS) is 12.1. The van der Waals surface area contributed by atoms with E-state index >= 15 is 0 Å². The summed E-state index contributed by atoms with van der Waals surface area (Å²) >= 11 is 0. The van der Waals surface area contributed by atoms with Crippen LogP contribution in [0.25, 0.3) is 0 Å².